The molecule has 0 saturated heterocycles. The van der Waals surface area contributed by atoms with E-state index in [1.54, 1.807) is 0 Å². The van der Waals surface area contributed by atoms with Crippen LogP contribution in [0, 0.1) is 5.92 Å². The van der Waals surface area contributed by atoms with E-state index in [-0.39, 0.29) is 12.1 Å². The van der Waals surface area contributed by atoms with Gasteiger partial charge in [-0.2, -0.15) is 0 Å². The van der Waals surface area contributed by atoms with Gasteiger partial charge in [0, 0.05) is 24.7 Å². The van der Waals surface area contributed by atoms with Crippen molar-refractivity contribution in [3.63, 3.8) is 0 Å². The highest BCUT2D eigenvalue weighted by atomic mass is 16.6. The van der Waals surface area contributed by atoms with Gasteiger partial charge in [-0.3, -0.25) is 0 Å². The molecule has 0 aromatic rings. The Morgan fingerprint density at radius 3 is 2.12 bits per heavy atom. The first kappa shape index (κ1) is 21.2. The normalized spacial score (nSPS) is 23.4. The van der Waals surface area contributed by atoms with Crippen molar-refractivity contribution in [3.8, 4) is 0 Å². The van der Waals surface area contributed by atoms with Crippen LogP contribution in [0.1, 0.15) is 66.7 Å². The van der Waals surface area contributed by atoms with Crippen LogP contribution in [-0.2, 0) is 4.74 Å². The quantitative estimate of drug-likeness (QED) is 0.745. The highest BCUT2D eigenvalue weighted by Crippen LogP contribution is 2.21. The van der Waals surface area contributed by atoms with Crippen molar-refractivity contribution >= 4 is 6.09 Å². The van der Waals surface area contributed by atoms with Crippen LogP contribution < -0.4 is 10.6 Å². The third-order valence-corrected chi connectivity index (χ3v) is 4.26. The molecule has 0 heterocycles. The number of ether oxygens (including phenoxy) is 1. The molecular weight excluding hydrogens is 302 g/mol. The topological polar surface area (TPSA) is 53.6 Å². The Kier molecular flexibility index (Phi) is 8.51. The molecule has 0 aromatic heterocycles. The van der Waals surface area contributed by atoms with Crippen molar-refractivity contribution in [1.82, 2.24) is 15.5 Å². The predicted molar refractivity (Wildman–Crippen MR) is 100 cm³/mol. The Labute approximate surface area is 148 Å². The van der Waals surface area contributed by atoms with Gasteiger partial charge in [0.1, 0.15) is 5.60 Å². The summed E-state index contributed by atoms with van der Waals surface area (Å²) in [6.45, 7) is 11.3. The van der Waals surface area contributed by atoms with Gasteiger partial charge in [-0.15, -0.1) is 0 Å². The molecule has 1 fully saturated rings. The number of amides is 1. The highest BCUT2D eigenvalue weighted by molar-refractivity contribution is 5.68. The van der Waals surface area contributed by atoms with E-state index in [4.69, 9.17) is 4.74 Å². The van der Waals surface area contributed by atoms with Gasteiger partial charge in [0.25, 0.3) is 0 Å². The predicted octanol–water partition coefficient (Wildman–Crippen LogP) is 3.39. The first-order valence-electron chi connectivity index (χ1n) is 9.45. The van der Waals surface area contributed by atoms with Crippen LogP contribution >= 0.6 is 0 Å². The second-order valence-corrected chi connectivity index (χ2v) is 8.95. The molecule has 2 N–H and O–H groups in total. The highest BCUT2D eigenvalue weighted by Gasteiger charge is 2.26. The summed E-state index contributed by atoms with van der Waals surface area (Å²) >= 11 is 0. The number of hydrogen-bond acceptors (Lipinski definition) is 4. The van der Waals surface area contributed by atoms with Crippen molar-refractivity contribution < 1.29 is 9.53 Å². The zero-order valence-electron chi connectivity index (χ0n) is 16.8. The number of hydrogen-bond donors (Lipinski definition) is 2. The molecule has 5 nitrogen and oxygen atoms in total. The van der Waals surface area contributed by atoms with Crippen molar-refractivity contribution in [2.45, 2.75) is 90.4 Å². The van der Waals surface area contributed by atoms with Gasteiger partial charge < -0.3 is 20.3 Å². The van der Waals surface area contributed by atoms with E-state index in [9.17, 15) is 4.79 Å². The monoisotopic (exact) mass is 341 g/mol. The van der Waals surface area contributed by atoms with Crippen LogP contribution in [0.15, 0.2) is 0 Å². The van der Waals surface area contributed by atoms with Gasteiger partial charge in [-0.25, -0.2) is 4.79 Å². The average molecular weight is 342 g/mol. The summed E-state index contributed by atoms with van der Waals surface area (Å²) in [5.41, 5.74) is -0.431. The van der Waals surface area contributed by atoms with Crippen LogP contribution in [0.3, 0.4) is 0 Å². The summed E-state index contributed by atoms with van der Waals surface area (Å²) in [4.78, 5) is 14.1. The van der Waals surface area contributed by atoms with Crippen LogP contribution in [0.5, 0.6) is 0 Å². The molecule has 24 heavy (non-hydrogen) atoms. The zero-order chi connectivity index (χ0) is 18.3. The average Bonchev–Trinajstić information content (AvgIpc) is 2.37. The van der Waals surface area contributed by atoms with Gasteiger partial charge in [0.2, 0.25) is 0 Å². The molecule has 142 valence electrons. The Hall–Kier alpha value is -0.810. The second kappa shape index (κ2) is 9.62. The van der Waals surface area contributed by atoms with Crippen LogP contribution in [0.4, 0.5) is 4.79 Å². The SMILES string of the molecule is CC(C)CC(CN(C)C)NC1CCC(NC(=O)OC(C)(C)C)CC1. The smallest absolute Gasteiger partial charge is 0.407 e. The largest absolute Gasteiger partial charge is 0.444 e. The number of rotatable bonds is 7. The molecule has 0 radical (unpaired) electrons. The fourth-order valence-corrected chi connectivity index (χ4v) is 3.42. The van der Waals surface area contributed by atoms with Crippen LogP contribution in [-0.4, -0.2) is 55.4 Å². The van der Waals surface area contributed by atoms with E-state index in [1.807, 2.05) is 20.8 Å². The van der Waals surface area contributed by atoms with Crippen LogP contribution in [0.25, 0.3) is 0 Å². The molecule has 1 aliphatic rings. The van der Waals surface area contributed by atoms with E-state index in [1.165, 1.54) is 6.42 Å². The number of carbonyl (C=O) groups is 1. The molecule has 1 aliphatic carbocycles. The number of nitrogens with one attached hydrogen (secondary N) is 2. The molecule has 1 unspecified atom stereocenters. The van der Waals surface area contributed by atoms with Crippen molar-refractivity contribution in [2.75, 3.05) is 20.6 Å². The van der Waals surface area contributed by atoms with E-state index < -0.39 is 5.60 Å². The first-order chi connectivity index (χ1) is 11.0. The van der Waals surface area contributed by atoms with Crippen molar-refractivity contribution in [2.24, 2.45) is 5.92 Å². The molecule has 0 bridgehead atoms. The maximum Gasteiger partial charge on any atom is 0.407 e. The zero-order valence-corrected chi connectivity index (χ0v) is 16.8. The van der Waals surface area contributed by atoms with E-state index in [0.29, 0.717) is 18.0 Å². The number of alkyl carbamates (subject to hydrolysis) is 1. The van der Waals surface area contributed by atoms with E-state index in [0.717, 1.165) is 32.2 Å². The van der Waals surface area contributed by atoms with Gasteiger partial charge >= 0.3 is 6.09 Å². The van der Waals surface area contributed by atoms with Crippen molar-refractivity contribution in [3.05, 3.63) is 0 Å². The lowest BCUT2D eigenvalue weighted by molar-refractivity contribution is 0.0488. The molecule has 1 atom stereocenters. The lowest BCUT2D eigenvalue weighted by Crippen LogP contribution is -2.48. The lowest BCUT2D eigenvalue weighted by Gasteiger charge is -2.34. The number of carbonyl (C=O) groups excluding carboxylic acids is 1. The summed E-state index contributed by atoms with van der Waals surface area (Å²) in [7, 11) is 4.27. The summed E-state index contributed by atoms with van der Waals surface area (Å²) in [6, 6.07) is 1.35. The van der Waals surface area contributed by atoms with Gasteiger partial charge in [0.15, 0.2) is 0 Å². The Morgan fingerprint density at radius 2 is 1.67 bits per heavy atom. The molecule has 5 heteroatoms. The minimum absolute atomic E-state index is 0.246. The molecule has 0 spiro atoms. The molecule has 1 saturated carbocycles. The third-order valence-electron chi connectivity index (χ3n) is 4.26. The Morgan fingerprint density at radius 1 is 1.12 bits per heavy atom. The second-order valence-electron chi connectivity index (χ2n) is 8.95. The molecule has 1 rings (SSSR count). The molecule has 1 amide bonds. The summed E-state index contributed by atoms with van der Waals surface area (Å²) in [5, 5.41) is 6.86. The van der Waals surface area contributed by atoms with Crippen LogP contribution in [0.2, 0.25) is 0 Å². The lowest BCUT2D eigenvalue weighted by atomic mass is 9.90. The van der Waals surface area contributed by atoms with Gasteiger partial charge in [-0.05, 0) is 72.9 Å². The maximum absolute atomic E-state index is 11.9. The molecule has 0 aliphatic heterocycles. The first-order valence-corrected chi connectivity index (χ1v) is 9.45. The minimum atomic E-state index is -0.431. The molecule has 0 aromatic carbocycles. The number of nitrogens with zero attached hydrogens (tertiary/aromatic N) is 1. The fourth-order valence-electron chi connectivity index (χ4n) is 3.42. The fraction of sp³-hybridized carbons (Fsp3) is 0.947. The van der Waals surface area contributed by atoms with E-state index in [2.05, 4.69) is 43.5 Å². The number of likely N-dealkylation sites (N-methyl/N-ethyl adjacent to an activating group) is 1. The van der Waals surface area contributed by atoms with Gasteiger partial charge in [-0.1, -0.05) is 13.8 Å². The summed E-state index contributed by atoms with van der Waals surface area (Å²) in [5.74, 6) is 0.702. The Bertz CT molecular complexity index is 359. The van der Waals surface area contributed by atoms with Crippen molar-refractivity contribution in [1.29, 1.82) is 0 Å². The third kappa shape index (κ3) is 9.48. The van der Waals surface area contributed by atoms with E-state index >= 15 is 0 Å². The maximum atomic E-state index is 11.9. The van der Waals surface area contributed by atoms with Gasteiger partial charge in [0.05, 0.1) is 0 Å². The minimum Gasteiger partial charge on any atom is -0.444 e. The standard InChI is InChI=1S/C19H39N3O2/c1-14(2)12-17(13-22(6)7)20-15-8-10-16(11-9-15)21-18(23)24-19(3,4)5/h14-17,20H,8-13H2,1-7H3,(H,21,23). The summed E-state index contributed by atoms with van der Waals surface area (Å²) in [6.07, 6.45) is 5.18. The Balaban J connectivity index is 2.37. The molecular formula is C19H39N3O2. The summed E-state index contributed by atoms with van der Waals surface area (Å²) < 4.78 is 5.35.